The first-order chi connectivity index (χ1) is 11.7. The topological polar surface area (TPSA) is 77.5 Å². The predicted octanol–water partition coefficient (Wildman–Crippen LogP) is 2.64. The van der Waals surface area contributed by atoms with Crippen LogP contribution in [0.5, 0.6) is 0 Å². The van der Waals surface area contributed by atoms with E-state index in [9.17, 15) is 9.59 Å². The maximum Gasteiger partial charge on any atom is 0.310 e. The summed E-state index contributed by atoms with van der Waals surface area (Å²) in [5, 5.41) is 3.26. The zero-order valence-electron chi connectivity index (χ0n) is 13.3. The molecule has 1 amide bonds. The van der Waals surface area contributed by atoms with Crippen LogP contribution < -0.4 is 5.32 Å². The van der Waals surface area contributed by atoms with Gasteiger partial charge in [-0.15, -0.1) is 11.3 Å². The Morgan fingerprint density at radius 1 is 1.38 bits per heavy atom. The Hall–Kier alpha value is -2.25. The number of carbonyl (C=O) groups excluding carboxylic acids is 2. The van der Waals surface area contributed by atoms with Crippen molar-refractivity contribution in [2.24, 2.45) is 0 Å². The average molecular weight is 346 g/mol. The fourth-order valence-corrected chi connectivity index (χ4v) is 3.49. The monoisotopic (exact) mass is 346 g/mol. The van der Waals surface area contributed by atoms with E-state index < -0.39 is 6.10 Å². The molecule has 0 bridgehead atoms. The molecule has 0 saturated carbocycles. The number of hydrogen-bond acceptors (Lipinski definition) is 6. The third-order valence-electron chi connectivity index (χ3n) is 3.73. The second kappa shape index (κ2) is 7.55. The third kappa shape index (κ3) is 3.80. The highest BCUT2D eigenvalue weighted by Crippen LogP contribution is 2.32. The fourth-order valence-electron chi connectivity index (χ4n) is 2.52. The number of methoxy groups -OCH3 is 1. The molecule has 1 unspecified atom stereocenters. The molecule has 126 valence electrons. The molecule has 1 aliphatic rings. The second-order valence-corrected chi connectivity index (χ2v) is 6.48. The quantitative estimate of drug-likeness (QED) is 0.842. The summed E-state index contributed by atoms with van der Waals surface area (Å²) in [5.41, 5.74) is 1.58. The molecule has 2 aromatic rings. The first kappa shape index (κ1) is 16.6. The van der Waals surface area contributed by atoms with Crippen LogP contribution in [0.3, 0.4) is 0 Å². The smallest absolute Gasteiger partial charge is 0.310 e. The van der Waals surface area contributed by atoms with Gasteiger partial charge in [0.05, 0.1) is 19.2 Å². The van der Waals surface area contributed by atoms with Gasteiger partial charge in [-0.1, -0.05) is 30.3 Å². The van der Waals surface area contributed by atoms with Gasteiger partial charge in [-0.3, -0.25) is 14.9 Å². The Balaban J connectivity index is 1.85. The number of ether oxygens (including phenoxy) is 2. The SMILES string of the molecule is COC(=O)Cc1sc(NC(=O)C2CCCO2)nc1-c1ccccc1. The molecular weight excluding hydrogens is 328 g/mol. The Labute approximate surface area is 143 Å². The Bertz CT molecular complexity index is 723. The van der Waals surface area contributed by atoms with Crippen LogP contribution in [0.25, 0.3) is 11.3 Å². The largest absolute Gasteiger partial charge is 0.469 e. The zero-order chi connectivity index (χ0) is 16.9. The first-order valence-electron chi connectivity index (χ1n) is 7.72. The molecule has 1 saturated heterocycles. The van der Waals surface area contributed by atoms with Gasteiger partial charge in [-0.25, -0.2) is 4.98 Å². The van der Waals surface area contributed by atoms with E-state index in [0.29, 0.717) is 17.4 Å². The minimum absolute atomic E-state index is 0.119. The number of rotatable bonds is 5. The molecule has 1 atom stereocenters. The highest BCUT2D eigenvalue weighted by Gasteiger charge is 2.25. The van der Waals surface area contributed by atoms with Gasteiger partial charge in [0.1, 0.15) is 6.10 Å². The minimum Gasteiger partial charge on any atom is -0.469 e. The van der Waals surface area contributed by atoms with Gasteiger partial charge in [0.25, 0.3) is 5.91 Å². The zero-order valence-corrected chi connectivity index (χ0v) is 14.1. The summed E-state index contributed by atoms with van der Waals surface area (Å²) in [6, 6.07) is 9.56. The Morgan fingerprint density at radius 2 is 2.17 bits per heavy atom. The lowest BCUT2D eigenvalue weighted by Crippen LogP contribution is -2.26. The molecule has 6 nitrogen and oxygen atoms in total. The molecule has 0 radical (unpaired) electrons. The number of carbonyl (C=O) groups is 2. The first-order valence-corrected chi connectivity index (χ1v) is 8.53. The van der Waals surface area contributed by atoms with E-state index in [2.05, 4.69) is 10.3 Å². The van der Waals surface area contributed by atoms with E-state index in [1.807, 2.05) is 30.3 Å². The number of aromatic nitrogens is 1. The van der Waals surface area contributed by atoms with Gasteiger partial charge < -0.3 is 9.47 Å². The van der Waals surface area contributed by atoms with Crippen LogP contribution in [0.1, 0.15) is 17.7 Å². The highest BCUT2D eigenvalue weighted by atomic mass is 32.1. The van der Waals surface area contributed by atoms with Gasteiger partial charge in [0.15, 0.2) is 5.13 Å². The molecule has 0 spiro atoms. The van der Waals surface area contributed by atoms with Crippen LogP contribution >= 0.6 is 11.3 Å². The molecule has 1 N–H and O–H groups in total. The van der Waals surface area contributed by atoms with Crippen LogP contribution in [0, 0.1) is 0 Å². The summed E-state index contributed by atoms with van der Waals surface area (Å²) < 4.78 is 10.1. The predicted molar refractivity (Wildman–Crippen MR) is 90.9 cm³/mol. The molecule has 1 aromatic heterocycles. The summed E-state index contributed by atoms with van der Waals surface area (Å²) in [4.78, 5) is 29.1. The molecule has 2 heterocycles. The minimum atomic E-state index is -0.418. The van der Waals surface area contributed by atoms with Gasteiger partial charge in [-0.05, 0) is 12.8 Å². The number of nitrogens with one attached hydrogen (secondary N) is 1. The van der Waals surface area contributed by atoms with Crippen molar-refractivity contribution in [3.63, 3.8) is 0 Å². The van der Waals surface area contributed by atoms with Crippen LogP contribution in [-0.4, -0.2) is 36.7 Å². The van der Waals surface area contributed by atoms with Gasteiger partial charge in [0, 0.05) is 17.0 Å². The van der Waals surface area contributed by atoms with Crippen LogP contribution in [-0.2, 0) is 25.5 Å². The second-order valence-electron chi connectivity index (χ2n) is 5.40. The number of nitrogens with zero attached hydrogens (tertiary/aromatic N) is 1. The van der Waals surface area contributed by atoms with Crippen molar-refractivity contribution in [1.82, 2.24) is 4.98 Å². The summed E-state index contributed by atoms with van der Waals surface area (Å²) >= 11 is 1.29. The highest BCUT2D eigenvalue weighted by molar-refractivity contribution is 7.16. The van der Waals surface area contributed by atoms with Crippen LogP contribution in [0.15, 0.2) is 30.3 Å². The number of anilines is 1. The van der Waals surface area contributed by atoms with Gasteiger partial charge >= 0.3 is 5.97 Å². The number of thiazole rings is 1. The van der Waals surface area contributed by atoms with Crippen molar-refractivity contribution in [2.45, 2.75) is 25.4 Å². The molecule has 24 heavy (non-hydrogen) atoms. The van der Waals surface area contributed by atoms with Crippen molar-refractivity contribution < 1.29 is 19.1 Å². The molecule has 1 aliphatic heterocycles. The van der Waals surface area contributed by atoms with Crippen molar-refractivity contribution >= 4 is 28.3 Å². The lowest BCUT2D eigenvalue weighted by Gasteiger charge is -2.07. The molecule has 3 rings (SSSR count). The number of hydrogen-bond donors (Lipinski definition) is 1. The van der Waals surface area contributed by atoms with Crippen molar-refractivity contribution in [3.8, 4) is 11.3 Å². The summed E-state index contributed by atoms with van der Waals surface area (Å²) in [7, 11) is 1.35. The molecule has 1 fully saturated rings. The van der Waals surface area contributed by atoms with E-state index in [1.54, 1.807) is 0 Å². The third-order valence-corrected chi connectivity index (χ3v) is 4.70. The van der Waals surface area contributed by atoms with Gasteiger partial charge in [0.2, 0.25) is 0 Å². The van der Waals surface area contributed by atoms with E-state index >= 15 is 0 Å². The molecule has 7 heteroatoms. The van der Waals surface area contributed by atoms with E-state index in [4.69, 9.17) is 9.47 Å². The maximum absolute atomic E-state index is 12.2. The summed E-state index contributed by atoms with van der Waals surface area (Å²) in [6.07, 6.45) is 1.31. The molecule has 1 aromatic carbocycles. The average Bonchev–Trinajstić information content (AvgIpc) is 3.25. The molecule has 0 aliphatic carbocycles. The number of esters is 1. The Morgan fingerprint density at radius 3 is 2.83 bits per heavy atom. The number of benzene rings is 1. The number of amides is 1. The van der Waals surface area contributed by atoms with Gasteiger partial charge in [-0.2, -0.15) is 0 Å². The Kier molecular flexibility index (Phi) is 5.22. The summed E-state index contributed by atoms with van der Waals surface area (Å²) in [5.74, 6) is -0.529. The lowest BCUT2D eigenvalue weighted by atomic mass is 10.1. The fraction of sp³-hybridized carbons (Fsp3) is 0.353. The molecular formula is C17H18N2O4S. The van der Waals surface area contributed by atoms with E-state index in [0.717, 1.165) is 23.3 Å². The van der Waals surface area contributed by atoms with E-state index in [1.165, 1.54) is 18.4 Å². The van der Waals surface area contributed by atoms with Crippen LogP contribution in [0.4, 0.5) is 5.13 Å². The lowest BCUT2D eigenvalue weighted by molar-refractivity contribution is -0.139. The van der Waals surface area contributed by atoms with Crippen molar-refractivity contribution in [1.29, 1.82) is 0 Å². The van der Waals surface area contributed by atoms with Crippen molar-refractivity contribution in [3.05, 3.63) is 35.2 Å². The maximum atomic E-state index is 12.2. The van der Waals surface area contributed by atoms with Crippen LogP contribution in [0.2, 0.25) is 0 Å². The van der Waals surface area contributed by atoms with E-state index in [-0.39, 0.29) is 18.3 Å². The normalized spacial score (nSPS) is 16.8. The van der Waals surface area contributed by atoms with Crippen molar-refractivity contribution in [2.75, 3.05) is 19.0 Å². The standard InChI is InChI=1S/C17H18N2O4S/c1-22-14(20)10-13-15(11-6-3-2-4-7-11)18-17(24-13)19-16(21)12-8-5-9-23-12/h2-4,6-7,12H,5,8-10H2,1H3,(H,18,19,21). The summed E-state index contributed by atoms with van der Waals surface area (Å²) in [6.45, 7) is 0.610.